The van der Waals surface area contributed by atoms with Crippen molar-refractivity contribution < 1.29 is 4.74 Å². The standard InChI is InChI=1S/C13H15NO/c1-15-13-11(8-9-14)7-6-10-4-2-3-5-12(10)13/h2-7H,8-9,14H2,1H3. The first kappa shape index (κ1) is 9.99. The highest BCUT2D eigenvalue weighted by Crippen LogP contribution is 2.29. The third kappa shape index (κ3) is 1.81. The van der Waals surface area contributed by atoms with E-state index in [4.69, 9.17) is 10.5 Å². The summed E-state index contributed by atoms with van der Waals surface area (Å²) in [6, 6.07) is 12.4. The fourth-order valence-corrected chi connectivity index (χ4v) is 1.88. The van der Waals surface area contributed by atoms with Crippen LogP contribution in [0.1, 0.15) is 5.56 Å². The molecule has 0 fully saturated rings. The Balaban J connectivity index is 2.64. The quantitative estimate of drug-likeness (QED) is 0.827. The van der Waals surface area contributed by atoms with Crippen LogP contribution in [-0.4, -0.2) is 13.7 Å². The first-order chi connectivity index (χ1) is 7.36. The van der Waals surface area contributed by atoms with Gasteiger partial charge in [0.1, 0.15) is 5.75 Å². The van der Waals surface area contributed by atoms with Gasteiger partial charge in [0.2, 0.25) is 0 Å². The third-order valence-electron chi connectivity index (χ3n) is 2.58. The van der Waals surface area contributed by atoms with Gasteiger partial charge in [-0.05, 0) is 23.9 Å². The minimum atomic E-state index is 0.648. The molecule has 78 valence electrons. The molecule has 2 heteroatoms. The maximum absolute atomic E-state index is 5.57. The summed E-state index contributed by atoms with van der Waals surface area (Å²) in [4.78, 5) is 0. The molecular weight excluding hydrogens is 186 g/mol. The lowest BCUT2D eigenvalue weighted by atomic mass is 10.0. The average Bonchev–Trinajstić information content (AvgIpc) is 2.29. The van der Waals surface area contributed by atoms with Crippen LogP contribution in [0.25, 0.3) is 10.8 Å². The van der Waals surface area contributed by atoms with Crippen LogP contribution in [0, 0.1) is 0 Å². The third-order valence-corrected chi connectivity index (χ3v) is 2.58. The molecule has 15 heavy (non-hydrogen) atoms. The van der Waals surface area contributed by atoms with Crippen LogP contribution in [0.3, 0.4) is 0 Å². The predicted molar refractivity (Wildman–Crippen MR) is 63.3 cm³/mol. The highest BCUT2D eigenvalue weighted by molar-refractivity contribution is 5.89. The normalized spacial score (nSPS) is 10.5. The Bertz CT molecular complexity index is 465. The van der Waals surface area contributed by atoms with E-state index in [1.807, 2.05) is 12.1 Å². The predicted octanol–water partition coefficient (Wildman–Crippen LogP) is 2.35. The van der Waals surface area contributed by atoms with Gasteiger partial charge < -0.3 is 10.5 Å². The summed E-state index contributed by atoms with van der Waals surface area (Å²) in [5.74, 6) is 0.957. The number of hydrogen-bond donors (Lipinski definition) is 1. The number of benzene rings is 2. The van der Waals surface area contributed by atoms with E-state index in [0.29, 0.717) is 6.54 Å². The van der Waals surface area contributed by atoms with E-state index in [2.05, 4.69) is 24.3 Å². The molecule has 2 rings (SSSR count). The van der Waals surface area contributed by atoms with Crippen molar-refractivity contribution in [3.05, 3.63) is 42.0 Å². The molecule has 0 unspecified atom stereocenters. The second-order valence-electron chi connectivity index (χ2n) is 3.52. The largest absolute Gasteiger partial charge is 0.496 e. The maximum atomic E-state index is 5.57. The smallest absolute Gasteiger partial charge is 0.129 e. The molecule has 2 aromatic carbocycles. The van der Waals surface area contributed by atoms with Gasteiger partial charge >= 0.3 is 0 Å². The van der Waals surface area contributed by atoms with Crippen LogP contribution < -0.4 is 10.5 Å². The molecule has 0 amide bonds. The van der Waals surface area contributed by atoms with Gasteiger partial charge in [-0.1, -0.05) is 36.4 Å². The van der Waals surface area contributed by atoms with Gasteiger partial charge in [0.25, 0.3) is 0 Å². The zero-order valence-electron chi connectivity index (χ0n) is 8.86. The van der Waals surface area contributed by atoms with Gasteiger partial charge in [0, 0.05) is 5.39 Å². The summed E-state index contributed by atoms with van der Waals surface area (Å²) in [5.41, 5.74) is 6.75. The van der Waals surface area contributed by atoms with E-state index in [1.54, 1.807) is 7.11 Å². The van der Waals surface area contributed by atoms with Crippen LogP contribution >= 0.6 is 0 Å². The molecule has 0 aromatic heterocycles. The molecule has 0 heterocycles. The molecular formula is C13H15NO. The lowest BCUT2D eigenvalue weighted by molar-refractivity contribution is 0.415. The van der Waals surface area contributed by atoms with E-state index in [0.717, 1.165) is 17.6 Å². The Hall–Kier alpha value is -1.54. The molecule has 0 saturated heterocycles. The summed E-state index contributed by atoms with van der Waals surface area (Å²) >= 11 is 0. The number of ether oxygens (including phenoxy) is 1. The van der Waals surface area contributed by atoms with Crippen molar-refractivity contribution in [3.63, 3.8) is 0 Å². The monoisotopic (exact) mass is 201 g/mol. The van der Waals surface area contributed by atoms with E-state index in [1.165, 1.54) is 10.9 Å². The molecule has 2 aromatic rings. The van der Waals surface area contributed by atoms with Crippen molar-refractivity contribution in [3.8, 4) is 5.75 Å². The summed E-state index contributed by atoms with van der Waals surface area (Å²) in [6.45, 7) is 0.648. The topological polar surface area (TPSA) is 35.2 Å². The molecule has 0 atom stereocenters. The first-order valence-corrected chi connectivity index (χ1v) is 5.11. The number of nitrogens with two attached hydrogens (primary N) is 1. The van der Waals surface area contributed by atoms with Crippen molar-refractivity contribution in [2.24, 2.45) is 5.73 Å². The Morgan fingerprint density at radius 3 is 2.67 bits per heavy atom. The van der Waals surface area contributed by atoms with Crippen LogP contribution in [0.5, 0.6) is 5.75 Å². The van der Waals surface area contributed by atoms with Gasteiger partial charge in [0.05, 0.1) is 7.11 Å². The number of rotatable bonds is 3. The van der Waals surface area contributed by atoms with Crippen molar-refractivity contribution in [1.82, 2.24) is 0 Å². The molecule has 0 spiro atoms. The number of fused-ring (bicyclic) bond motifs is 1. The lowest BCUT2D eigenvalue weighted by Gasteiger charge is -2.10. The second-order valence-corrected chi connectivity index (χ2v) is 3.52. The van der Waals surface area contributed by atoms with E-state index < -0.39 is 0 Å². The van der Waals surface area contributed by atoms with Gasteiger partial charge in [-0.25, -0.2) is 0 Å². The Morgan fingerprint density at radius 1 is 1.13 bits per heavy atom. The number of hydrogen-bond acceptors (Lipinski definition) is 2. The molecule has 0 aliphatic heterocycles. The summed E-state index contributed by atoms with van der Waals surface area (Å²) < 4.78 is 5.46. The molecule has 0 aliphatic rings. The SMILES string of the molecule is COc1c(CCN)ccc2ccccc12. The second kappa shape index (κ2) is 4.32. The average molecular weight is 201 g/mol. The first-order valence-electron chi connectivity index (χ1n) is 5.11. The molecule has 0 aliphatic carbocycles. The fourth-order valence-electron chi connectivity index (χ4n) is 1.88. The van der Waals surface area contributed by atoms with Crippen LogP contribution in [-0.2, 0) is 6.42 Å². The van der Waals surface area contributed by atoms with Gasteiger partial charge in [-0.2, -0.15) is 0 Å². The Kier molecular flexibility index (Phi) is 2.88. The molecule has 0 radical (unpaired) electrons. The fraction of sp³-hybridized carbons (Fsp3) is 0.231. The minimum Gasteiger partial charge on any atom is -0.496 e. The van der Waals surface area contributed by atoms with Gasteiger partial charge in [0.15, 0.2) is 0 Å². The highest BCUT2D eigenvalue weighted by Gasteiger charge is 2.06. The van der Waals surface area contributed by atoms with Crippen molar-refractivity contribution in [1.29, 1.82) is 0 Å². The zero-order chi connectivity index (χ0) is 10.7. The maximum Gasteiger partial charge on any atom is 0.129 e. The zero-order valence-corrected chi connectivity index (χ0v) is 8.86. The molecule has 2 N–H and O–H groups in total. The van der Waals surface area contributed by atoms with Crippen molar-refractivity contribution >= 4 is 10.8 Å². The van der Waals surface area contributed by atoms with Crippen molar-refractivity contribution in [2.75, 3.05) is 13.7 Å². The van der Waals surface area contributed by atoms with Crippen LogP contribution in [0.4, 0.5) is 0 Å². The summed E-state index contributed by atoms with van der Waals surface area (Å²) in [6.07, 6.45) is 0.855. The molecule has 0 saturated carbocycles. The Labute approximate surface area is 89.7 Å². The Morgan fingerprint density at radius 2 is 1.93 bits per heavy atom. The number of methoxy groups -OCH3 is 1. The lowest BCUT2D eigenvalue weighted by Crippen LogP contribution is -2.04. The summed E-state index contributed by atoms with van der Waals surface area (Å²) in [7, 11) is 1.71. The highest BCUT2D eigenvalue weighted by atomic mass is 16.5. The van der Waals surface area contributed by atoms with Crippen LogP contribution in [0.2, 0.25) is 0 Å². The summed E-state index contributed by atoms with van der Waals surface area (Å²) in [5, 5.41) is 2.36. The van der Waals surface area contributed by atoms with E-state index in [-0.39, 0.29) is 0 Å². The van der Waals surface area contributed by atoms with Crippen molar-refractivity contribution in [2.45, 2.75) is 6.42 Å². The van der Waals surface area contributed by atoms with Crippen LogP contribution in [0.15, 0.2) is 36.4 Å². The van der Waals surface area contributed by atoms with Gasteiger partial charge in [-0.15, -0.1) is 0 Å². The van der Waals surface area contributed by atoms with Gasteiger partial charge in [-0.3, -0.25) is 0 Å². The molecule has 0 bridgehead atoms. The van der Waals surface area contributed by atoms with E-state index in [9.17, 15) is 0 Å². The minimum absolute atomic E-state index is 0.648. The molecule has 2 nitrogen and oxygen atoms in total. The van der Waals surface area contributed by atoms with E-state index >= 15 is 0 Å².